The summed E-state index contributed by atoms with van der Waals surface area (Å²) in [5.41, 5.74) is -0.346. The quantitative estimate of drug-likeness (QED) is 0.824. The smallest absolute Gasteiger partial charge is 0.416 e. The lowest BCUT2D eigenvalue weighted by atomic mass is 10.1. The summed E-state index contributed by atoms with van der Waals surface area (Å²) in [6, 6.07) is 11.8. The van der Waals surface area contributed by atoms with Crippen molar-refractivity contribution in [3.8, 4) is 11.5 Å². The molecule has 1 N–H and O–H groups in total. The third-order valence-electron chi connectivity index (χ3n) is 3.40. The van der Waals surface area contributed by atoms with Gasteiger partial charge in [0.05, 0.1) is 25.7 Å². The van der Waals surface area contributed by atoms with E-state index < -0.39 is 11.7 Å². The second-order valence-electron chi connectivity index (χ2n) is 5.25. The number of carbonyl (C=O) groups is 1. The molecule has 1 amide bonds. The van der Waals surface area contributed by atoms with Crippen LogP contribution in [0.25, 0.3) is 0 Å². The molecule has 0 aliphatic heterocycles. The van der Waals surface area contributed by atoms with Crippen LogP contribution in [0.1, 0.15) is 17.5 Å². The summed E-state index contributed by atoms with van der Waals surface area (Å²) in [6.45, 7) is 0.200. The third kappa shape index (κ3) is 6.02. The minimum Gasteiger partial charge on any atom is -0.497 e. The fourth-order valence-electron chi connectivity index (χ4n) is 2.08. The molecule has 7 heteroatoms. The van der Waals surface area contributed by atoms with Crippen molar-refractivity contribution in [1.82, 2.24) is 5.32 Å². The highest BCUT2D eigenvalue weighted by Gasteiger charge is 2.30. The van der Waals surface area contributed by atoms with Crippen LogP contribution in [0.5, 0.6) is 11.5 Å². The number of hydrogen-bond donors (Lipinski definition) is 1. The topological polar surface area (TPSA) is 47.6 Å². The molecule has 2 aromatic carbocycles. The van der Waals surface area contributed by atoms with E-state index in [-0.39, 0.29) is 25.5 Å². The molecule has 0 aliphatic carbocycles. The van der Waals surface area contributed by atoms with Crippen molar-refractivity contribution in [1.29, 1.82) is 0 Å². The van der Waals surface area contributed by atoms with Crippen molar-refractivity contribution in [2.75, 3.05) is 13.7 Å². The first-order valence-corrected chi connectivity index (χ1v) is 7.58. The minimum absolute atomic E-state index is 0.0330. The average molecular weight is 353 g/mol. The van der Waals surface area contributed by atoms with E-state index in [1.54, 1.807) is 31.4 Å². The maximum Gasteiger partial charge on any atom is 0.416 e. The molecule has 0 fully saturated rings. The van der Waals surface area contributed by atoms with Crippen LogP contribution in [0.15, 0.2) is 48.5 Å². The maximum absolute atomic E-state index is 12.6. The molecule has 0 aliphatic rings. The molecule has 0 radical (unpaired) electrons. The summed E-state index contributed by atoms with van der Waals surface area (Å²) in [5.74, 6) is 1.00. The van der Waals surface area contributed by atoms with E-state index in [4.69, 9.17) is 9.47 Å². The Labute approximate surface area is 143 Å². The molecule has 2 aromatic rings. The fraction of sp³-hybridized carbons (Fsp3) is 0.278. The zero-order valence-corrected chi connectivity index (χ0v) is 13.6. The summed E-state index contributed by atoms with van der Waals surface area (Å²) in [7, 11) is 1.56. The highest BCUT2D eigenvalue weighted by atomic mass is 19.4. The highest BCUT2D eigenvalue weighted by molar-refractivity contribution is 5.76. The van der Waals surface area contributed by atoms with Crippen molar-refractivity contribution in [2.45, 2.75) is 19.1 Å². The van der Waals surface area contributed by atoms with Crippen molar-refractivity contribution in [3.63, 3.8) is 0 Å². The van der Waals surface area contributed by atoms with Crippen LogP contribution in [-0.4, -0.2) is 19.6 Å². The van der Waals surface area contributed by atoms with E-state index >= 15 is 0 Å². The summed E-state index contributed by atoms with van der Waals surface area (Å²) in [5, 5.41) is 2.58. The van der Waals surface area contributed by atoms with Gasteiger partial charge < -0.3 is 14.8 Å². The summed E-state index contributed by atoms with van der Waals surface area (Å²) < 4.78 is 48.3. The molecule has 0 aromatic heterocycles. The molecule has 0 saturated carbocycles. The minimum atomic E-state index is -4.40. The zero-order valence-electron chi connectivity index (χ0n) is 13.6. The monoisotopic (exact) mass is 353 g/mol. The van der Waals surface area contributed by atoms with Gasteiger partial charge in [-0.3, -0.25) is 4.79 Å². The predicted molar refractivity (Wildman–Crippen MR) is 86.4 cm³/mol. The van der Waals surface area contributed by atoms with Crippen LogP contribution in [0.3, 0.4) is 0 Å². The molecule has 25 heavy (non-hydrogen) atoms. The maximum atomic E-state index is 12.6. The number of alkyl halides is 3. The average Bonchev–Trinajstić information content (AvgIpc) is 2.60. The Morgan fingerprint density at radius 2 is 1.76 bits per heavy atom. The predicted octanol–water partition coefficient (Wildman–Crippen LogP) is 3.80. The van der Waals surface area contributed by atoms with Crippen molar-refractivity contribution in [2.24, 2.45) is 0 Å². The Kier molecular flexibility index (Phi) is 6.27. The van der Waals surface area contributed by atoms with Crippen molar-refractivity contribution >= 4 is 5.91 Å². The van der Waals surface area contributed by atoms with Gasteiger partial charge in [-0.1, -0.05) is 12.1 Å². The molecule has 0 atom stereocenters. The number of halogens is 3. The first-order valence-electron chi connectivity index (χ1n) is 7.58. The molecule has 0 heterocycles. The molecule has 0 unspecified atom stereocenters. The number of benzene rings is 2. The van der Waals surface area contributed by atoms with Crippen LogP contribution in [0, 0.1) is 0 Å². The number of nitrogens with one attached hydrogen (secondary N) is 1. The number of amides is 1. The second-order valence-corrected chi connectivity index (χ2v) is 5.25. The number of ether oxygens (including phenoxy) is 2. The molecular formula is C18H18F3NO3. The van der Waals surface area contributed by atoms with Gasteiger partial charge in [0.15, 0.2) is 0 Å². The number of rotatable bonds is 7. The lowest BCUT2D eigenvalue weighted by Crippen LogP contribution is -2.24. The SMILES string of the molecule is COc1ccc(OCCC(=O)NCc2cccc(C(F)(F)F)c2)cc1. The first-order chi connectivity index (χ1) is 11.9. The zero-order chi connectivity index (χ0) is 18.3. The number of methoxy groups -OCH3 is 1. The Hall–Kier alpha value is -2.70. The van der Waals surface area contributed by atoms with E-state index in [0.29, 0.717) is 17.1 Å². The van der Waals surface area contributed by atoms with Gasteiger partial charge in [0.2, 0.25) is 5.91 Å². The Morgan fingerprint density at radius 3 is 2.40 bits per heavy atom. The van der Waals surface area contributed by atoms with Gasteiger partial charge in [0.25, 0.3) is 0 Å². The summed E-state index contributed by atoms with van der Waals surface area (Å²) in [6.07, 6.45) is -4.29. The number of hydrogen-bond acceptors (Lipinski definition) is 3. The fourth-order valence-corrected chi connectivity index (χ4v) is 2.08. The van der Waals surface area contributed by atoms with Gasteiger partial charge in [-0.05, 0) is 42.0 Å². The van der Waals surface area contributed by atoms with Gasteiger partial charge in [0.1, 0.15) is 11.5 Å². The molecular weight excluding hydrogens is 335 g/mol. The van der Waals surface area contributed by atoms with Gasteiger partial charge >= 0.3 is 6.18 Å². The van der Waals surface area contributed by atoms with Crippen molar-refractivity contribution in [3.05, 3.63) is 59.7 Å². The normalized spacial score (nSPS) is 11.0. The van der Waals surface area contributed by atoms with E-state index in [2.05, 4.69) is 5.32 Å². The molecule has 0 spiro atoms. The molecule has 0 bridgehead atoms. The second kappa shape index (κ2) is 8.41. The van der Waals surface area contributed by atoms with E-state index in [1.165, 1.54) is 12.1 Å². The standard InChI is InChI=1S/C18H18F3NO3/c1-24-15-5-7-16(8-6-15)25-10-9-17(23)22-12-13-3-2-4-14(11-13)18(19,20)21/h2-8,11H,9-10,12H2,1H3,(H,22,23). The largest absolute Gasteiger partial charge is 0.497 e. The Morgan fingerprint density at radius 1 is 1.08 bits per heavy atom. The van der Waals surface area contributed by atoms with Crippen LogP contribution in [0.4, 0.5) is 13.2 Å². The molecule has 134 valence electrons. The van der Waals surface area contributed by atoms with Crippen LogP contribution in [-0.2, 0) is 17.5 Å². The lowest BCUT2D eigenvalue weighted by molar-refractivity contribution is -0.137. The Balaban J connectivity index is 1.75. The third-order valence-corrected chi connectivity index (χ3v) is 3.40. The van der Waals surface area contributed by atoms with E-state index in [1.807, 2.05) is 0 Å². The van der Waals surface area contributed by atoms with Gasteiger partial charge in [-0.2, -0.15) is 13.2 Å². The van der Waals surface area contributed by atoms with Crippen LogP contribution >= 0.6 is 0 Å². The summed E-state index contributed by atoms with van der Waals surface area (Å²) in [4.78, 5) is 11.8. The Bertz CT molecular complexity index is 699. The highest BCUT2D eigenvalue weighted by Crippen LogP contribution is 2.29. The van der Waals surface area contributed by atoms with Gasteiger partial charge in [-0.25, -0.2) is 0 Å². The van der Waals surface area contributed by atoms with Crippen LogP contribution < -0.4 is 14.8 Å². The molecule has 0 saturated heterocycles. The summed E-state index contributed by atoms with van der Waals surface area (Å²) >= 11 is 0. The molecule has 4 nitrogen and oxygen atoms in total. The molecule has 2 rings (SSSR count). The first kappa shape index (κ1) is 18.6. The van der Waals surface area contributed by atoms with E-state index in [9.17, 15) is 18.0 Å². The lowest BCUT2D eigenvalue weighted by Gasteiger charge is -2.10. The number of carbonyl (C=O) groups excluding carboxylic acids is 1. The van der Waals surface area contributed by atoms with E-state index in [0.717, 1.165) is 12.1 Å². The van der Waals surface area contributed by atoms with Crippen LogP contribution in [0.2, 0.25) is 0 Å². The van der Waals surface area contributed by atoms with Crippen molar-refractivity contribution < 1.29 is 27.4 Å². The van der Waals surface area contributed by atoms with Gasteiger partial charge in [0, 0.05) is 6.54 Å². The van der Waals surface area contributed by atoms with Gasteiger partial charge in [-0.15, -0.1) is 0 Å².